The third-order valence-electron chi connectivity index (χ3n) is 5.72. The predicted molar refractivity (Wildman–Crippen MR) is 118 cm³/mol. The van der Waals surface area contributed by atoms with Gasteiger partial charge < -0.3 is 14.5 Å². The highest BCUT2D eigenvalue weighted by Crippen LogP contribution is 2.24. The van der Waals surface area contributed by atoms with Gasteiger partial charge in [-0.3, -0.25) is 14.5 Å². The molecule has 1 aliphatic rings. The van der Waals surface area contributed by atoms with E-state index in [4.69, 9.17) is 4.74 Å². The van der Waals surface area contributed by atoms with Crippen LogP contribution >= 0.6 is 0 Å². The third kappa shape index (κ3) is 4.82. The van der Waals surface area contributed by atoms with Crippen molar-refractivity contribution in [3.63, 3.8) is 0 Å². The highest BCUT2D eigenvalue weighted by Gasteiger charge is 2.32. The molecule has 0 spiro atoms. The Morgan fingerprint density at radius 1 is 0.933 bits per heavy atom. The van der Waals surface area contributed by atoms with E-state index in [2.05, 4.69) is 18.7 Å². The molecule has 160 valence electrons. The first-order chi connectivity index (χ1) is 14.6. The first kappa shape index (κ1) is 21.8. The summed E-state index contributed by atoms with van der Waals surface area (Å²) in [5.74, 6) is 0.752. The number of amides is 2. The monoisotopic (exact) mass is 409 g/mol. The number of methoxy groups -OCH3 is 1. The predicted octanol–water partition coefficient (Wildman–Crippen LogP) is 3.06. The molecule has 2 aromatic carbocycles. The number of carbonyl (C=O) groups excluding carboxylic acids is 2. The van der Waals surface area contributed by atoms with Crippen molar-refractivity contribution in [2.45, 2.75) is 19.9 Å². The Kier molecular flexibility index (Phi) is 7.46. The molecule has 0 saturated carbocycles. The van der Waals surface area contributed by atoms with Crippen LogP contribution in [-0.4, -0.2) is 72.9 Å². The number of piperazine rings is 1. The van der Waals surface area contributed by atoms with Gasteiger partial charge in [-0.1, -0.05) is 50.2 Å². The standard InChI is InChI=1S/C24H31N3O3/c1-4-25(5-2)22(19-10-7-6-8-11-19)24(29)27-16-14-26(15-17-27)23(28)20-12-9-13-21(18-20)30-3/h6-13,18,22H,4-5,14-17H2,1-3H3. The number of carbonyl (C=O) groups is 2. The highest BCUT2D eigenvalue weighted by atomic mass is 16.5. The zero-order chi connectivity index (χ0) is 21.5. The Morgan fingerprint density at radius 3 is 2.17 bits per heavy atom. The van der Waals surface area contributed by atoms with Crippen molar-refractivity contribution in [2.75, 3.05) is 46.4 Å². The van der Waals surface area contributed by atoms with Crippen LogP contribution in [-0.2, 0) is 4.79 Å². The fourth-order valence-corrected chi connectivity index (χ4v) is 3.98. The number of nitrogens with zero attached hydrogens (tertiary/aromatic N) is 3. The zero-order valence-electron chi connectivity index (χ0n) is 18.1. The largest absolute Gasteiger partial charge is 0.497 e. The van der Waals surface area contributed by atoms with E-state index >= 15 is 0 Å². The summed E-state index contributed by atoms with van der Waals surface area (Å²) in [6.45, 7) is 7.91. The van der Waals surface area contributed by atoms with Gasteiger partial charge >= 0.3 is 0 Å². The van der Waals surface area contributed by atoms with Gasteiger partial charge in [0.2, 0.25) is 5.91 Å². The van der Waals surface area contributed by atoms with Crippen molar-refractivity contribution in [2.24, 2.45) is 0 Å². The molecule has 0 radical (unpaired) electrons. The maximum atomic E-state index is 13.5. The van der Waals surface area contributed by atoms with Crippen LogP contribution in [0.1, 0.15) is 35.8 Å². The SMILES string of the molecule is CCN(CC)C(C(=O)N1CCN(C(=O)c2cccc(OC)c2)CC1)c1ccccc1. The van der Waals surface area contributed by atoms with Gasteiger partial charge in [-0.25, -0.2) is 0 Å². The first-order valence-electron chi connectivity index (χ1n) is 10.6. The van der Waals surface area contributed by atoms with Crippen LogP contribution < -0.4 is 4.74 Å². The van der Waals surface area contributed by atoms with Crippen molar-refractivity contribution in [3.8, 4) is 5.75 Å². The lowest BCUT2D eigenvalue weighted by Gasteiger charge is -2.39. The minimum Gasteiger partial charge on any atom is -0.497 e. The molecule has 0 bridgehead atoms. The minimum absolute atomic E-state index is 0.0237. The van der Waals surface area contributed by atoms with Gasteiger partial charge in [0, 0.05) is 31.7 Å². The molecule has 1 aliphatic heterocycles. The maximum Gasteiger partial charge on any atom is 0.254 e. The number of ether oxygens (including phenoxy) is 1. The molecule has 1 atom stereocenters. The molecule has 2 amide bonds. The van der Waals surface area contributed by atoms with Crippen molar-refractivity contribution in [1.29, 1.82) is 0 Å². The van der Waals surface area contributed by atoms with Gasteiger partial charge in [-0.15, -0.1) is 0 Å². The van der Waals surface area contributed by atoms with Crippen LogP contribution in [0.15, 0.2) is 54.6 Å². The van der Waals surface area contributed by atoms with E-state index in [0.29, 0.717) is 37.5 Å². The van der Waals surface area contributed by atoms with Gasteiger partial charge in [0.15, 0.2) is 0 Å². The van der Waals surface area contributed by atoms with Crippen LogP contribution in [0.3, 0.4) is 0 Å². The van der Waals surface area contributed by atoms with Crippen molar-refractivity contribution >= 4 is 11.8 Å². The van der Waals surface area contributed by atoms with Crippen LogP contribution in [0.5, 0.6) is 5.75 Å². The average Bonchev–Trinajstić information content (AvgIpc) is 2.82. The second-order valence-corrected chi connectivity index (χ2v) is 7.38. The molecule has 0 aliphatic carbocycles. The lowest BCUT2D eigenvalue weighted by Crippen LogP contribution is -2.53. The molecule has 0 aromatic heterocycles. The van der Waals surface area contributed by atoms with Crippen LogP contribution in [0.25, 0.3) is 0 Å². The fourth-order valence-electron chi connectivity index (χ4n) is 3.98. The van der Waals surface area contributed by atoms with Crippen LogP contribution in [0, 0.1) is 0 Å². The molecule has 30 heavy (non-hydrogen) atoms. The average molecular weight is 410 g/mol. The maximum absolute atomic E-state index is 13.5. The fraction of sp³-hybridized carbons (Fsp3) is 0.417. The lowest BCUT2D eigenvalue weighted by molar-refractivity contribution is -0.138. The second-order valence-electron chi connectivity index (χ2n) is 7.38. The van der Waals surface area contributed by atoms with Crippen molar-refractivity contribution < 1.29 is 14.3 Å². The molecule has 3 rings (SSSR count). The van der Waals surface area contributed by atoms with Gasteiger partial charge in [0.05, 0.1) is 7.11 Å². The van der Waals surface area contributed by atoms with E-state index in [-0.39, 0.29) is 17.9 Å². The molecule has 1 saturated heterocycles. The Morgan fingerprint density at radius 2 is 1.57 bits per heavy atom. The Balaban J connectivity index is 1.69. The molecule has 6 heteroatoms. The summed E-state index contributed by atoms with van der Waals surface area (Å²) in [7, 11) is 1.59. The number of rotatable bonds is 7. The van der Waals surface area contributed by atoms with Crippen molar-refractivity contribution in [3.05, 3.63) is 65.7 Å². The summed E-state index contributed by atoms with van der Waals surface area (Å²) in [5.41, 5.74) is 1.63. The molecule has 0 N–H and O–H groups in total. The van der Waals surface area contributed by atoms with Crippen molar-refractivity contribution in [1.82, 2.24) is 14.7 Å². The summed E-state index contributed by atoms with van der Waals surface area (Å²) in [6, 6.07) is 16.9. The Labute approximate surface area is 179 Å². The molecule has 2 aromatic rings. The molecular formula is C24H31N3O3. The van der Waals surface area contributed by atoms with E-state index in [0.717, 1.165) is 18.7 Å². The lowest BCUT2D eigenvalue weighted by atomic mass is 10.0. The molecular weight excluding hydrogens is 378 g/mol. The van der Waals surface area contributed by atoms with E-state index in [1.807, 2.05) is 52.3 Å². The van der Waals surface area contributed by atoms with Gasteiger partial charge in [0.1, 0.15) is 11.8 Å². The summed E-state index contributed by atoms with van der Waals surface area (Å²) in [4.78, 5) is 32.2. The van der Waals surface area contributed by atoms with Gasteiger partial charge in [0.25, 0.3) is 5.91 Å². The Hall–Kier alpha value is -2.86. The van der Waals surface area contributed by atoms with E-state index in [9.17, 15) is 9.59 Å². The number of hydrogen-bond donors (Lipinski definition) is 0. The molecule has 1 fully saturated rings. The molecule has 6 nitrogen and oxygen atoms in total. The minimum atomic E-state index is -0.290. The van der Waals surface area contributed by atoms with Crippen LogP contribution in [0.2, 0.25) is 0 Å². The van der Waals surface area contributed by atoms with E-state index in [1.165, 1.54) is 0 Å². The second kappa shape index (κ2) is 10.3. The summed E-state index contributed by atoms with van der Waals surface area (Å²) < 4.78 is 5.22. The third-order valence-corrected chi connectivity index (χ3v) is 5.72. The number of hydrogen-bond acceptors (Lipinski definition) is 4. The summed E-state index contributed by atoms with van der Waals surface area (Å²) >= 11 is 0. The molecule has 1 unspecified atom stereocenters. The zero-order valence-corrected chi connectivity index (χ0v) is 18.1. The smallest absolute Gasteiger partial charge is 0.254 e. The number of benzene rings is 2. The highest BCUT2D eigenvalue weighted by molar-refractivity contribution is 5.95. The normalized spacial score (nSPS) is 15.2. The topological polar surface area (TPSA) is 53.1 Å². The van der Waals surface area contributed by atoms with E-state index < -0.39 is 0 Å². The summed E-state index contributed by atoms with van der Waals surface area (Å²) in [6.07, 6.45) is 0. The van der Waals surface area contributed by atoms with Gasteiger partial charge in [-0.2, -0.15) is 0 Å². The van der Waals surface area contributed by atoms with Crippen LogP contribution in [0.4, 0.5) is 0 Å². The summed E-state index contributed by atoms with van der Waals surface area (Å²) in [5, 5.41) is 0. The van der Waals surface area contributed by atoms with Gasteiger partial charge in [-0.05, 0) is 36.9 Å². The quantitative estimate of drug-likeness (QED) is 0.705. The Bertz CT molecular complexity index is 844. The molecule has 1 heterocycles. The van der Waals surface area contributed by atoms with E-state index in [1.54, 1.807) is 19.2 Å². The first-order valence-corrected chi connectivity index (χ1v) is 10.6. The number of likely N-dealkylation sites (N-methyl/N-ethyl adjacent to an activating group) is 1.